The molecule has 0 radical (unpaired) electrons. The number of carbonyl (C=O) groups excluding carboxylic acids is 1. The van der Waals surface area contributed by atoms with Gasteiger partial charge in [-0.1, -0.05) is 11.6 Å². The van der Waals surface area contributed by atoms with Gasteiger partial charge in [-0.25, -0.2) is 13.4 Å². The lowest BCUT2D eigenvalue weighted by Gasteiger charge is -2.21. The van der Waals surface area contributed by atoms with Gasteiger partial charge in [0.15, 0.2) is 0 Å². The maximum absolute atomic E-state index is 12.6. The number of rotatable bonds is 5. The standard InChI is InChI=1S/C18H22ClN3O3S/c1-11(2)22(5)26(24,25)14-6-7-16(19)15(10-14)18(23)21-17-9-12(3)8-13(4)20-17/h6-11H,1-5H3,(H,20,21,23). The highest BCUT2D eigenvalue weighted by Gasteiger charge is 2.25. The Hall–Kier alpha value is -1.96. The van der Waals surface area contributed by atoms with Crippen molar-refractivity contribution in [1.29, 1.82) is 0 Å². The van der Waals surface area contributed by atoms with Crippen LogP contribution in [0.3, 0.4) is 0 Å². The van der Waals surface area contributed by atoms with Gasteiger partial charge in [0.05, 0.1) is 15.5 Å². The molecule has 0 bridgehead atoms. The summed E-state index contributed by atoms with van der Waals surface area (Å²) in [6.07, 6.45) is 0. The van der Waals surface area contributed by atoms with Crippen molar-refractivity contribution in [3.8, 4) is 0 Å². The summed E-state index contributed by atoms with van der Waals surface area (Å²) in [5.74, 6) is -0.132. The number of sulfonamides is 1. The number of anilines is 1. The summed E-state index contributed by atoms with van der Waals surface area (Å²) in [6.45, 7) is 7.26. The van der Waals surface area contributed by atoms with Gasteiger partial charge in [-0.15, -0.1) is 0 Å². The fraction of sp³-hybridized carbons (Fsp3) is 0.333. The predicted octanol–water partition coefficient (Wildman–Crippen LogP) is 3.63. The first-order valence-corrected chi connectivity index (χ1v) is 9.88. The highest BCUT2D eigenvalue weighted by Crippen LogP contribution is 2.24. The minimum absolute atomic E-state index is 0.0108. The molecule has 0 saturated heterocycles. The van der Waals surface area contributed by atoms with Crippen molar-refractivity contribution in [3.05, 3.63) is 52.2 Å². The molecule has 8 heteroatoms. The van der Waals surface area contributed by atoms with Gasteiger partial charge >= 0.3 is 0 Å². The summed E-state index contributed by atoms with van der Waals surface area (Å²) >= 11 is 6.12. The van der Waals surface area contributed by atoms with E-state index < -0.39 is 15.9 Å². The van der Waals surface area contributed by atoms with Gasteiger partial charge in [-0.2, -0.15) is 4.31 Å². The fourth-order valence-electron chi connectivity index (χ4n) is 2.37. The van der Waals surface area contributed by atoms with Crippen LogP contribution in [0.15, 0.2) is 35.2 Å². The van der Waals surface area contributed by atoms with E-state index in [4.69, 9.17) is 11.6 Å². The predicted molar refractivity (Wildman–Crippen MR) is 103 cm³/mol. The molecule has 1 amide bonds. The van der Waals surface area contributed by atoms with Crippen LogP contribution in [0.5, 0.6) is 0 Å². The highest BCUT2D eigenvalue weighted by atomic mass is 35.5. The number of halogens is 1. The van der Waals surface area contributed by atoms with E-state index in [1.807, 2.05) is 19.9 Å². The number of nitrogens with zero attached hydrogens (tertiary/aromatic N) is 2. The summed E-state index contributed by atoms with van der Waals surface area (Å²) in [5, 5.41) is 2.83. The average molecular weight is 396 g/mol. The van der Waals surface area contributed by atoms with E-state index in [1.54, 1.807) is 19.9 Å². The summed E-state index contributed by atoms with van der Waals surface area (Å²) in [7, 11) is -2.22. The molecule has 1 aromatic carbocycles. The Kier molecular flexibility index (Phi) is 6.05. The summed E-state index contributed by atoms with van der Waals surface area (Å²) in [4.78, 5) is 16.9. The molecule has 26 heavy (non-hydrogen) atoms. The number of nitrogens with one attached hydrogen (secondary N) is 1. The monoisotopic (exact) mass is 395 g/mol. The summed E-state index contributed by atoms with van der Waals surface area (Å²) < 4.78 is 26.5. The van der Waals surface area contributed by atoms with Crippen LogP contribution < -0.4 is 5.32 Å². The third kappa shape index (κ3) is 4.41. The lowest BCUT2D eigenvalue weighted by atomic mass is 10.2. The second kappa shape index (κ2) is 7.73. The Labute approximate surface area is 159 Å². The molecule has 1 aromatic heterocycles. The van der Waals surface area contributed by atoms with Gasteiger partial charge in [0.1, 0.15) is 5.82 Å². The van der Waals surface area contributed by atoms with Crippen molar-refractivity contribution >= 4 is 33.3 Å². The molecule has 2 rings (SSSR count). The van der Waals surface area contributed by atoms with Crippen LogP contribution in [0.2, 0.25) is 5.02 Å². The summed E-state index contributed by atoms with van der Waals surface area (Å²) in [6, 6.07) is 7.49. The number of aryl methyl sites for hydroxylation is 2. The molecule has 140 valence electrons. The van der Waals surface area contributed by atoms with E-state index in [1.165, 1.54) is 29.6 Å². The molecule has 2 aromatic rings. The zero-order valence-electron chi connectivity index (χ0n) is 15.4. The molecule has 1 N–H and O–H groups in total. The Bertz CT molecular complexity index is 922. The van der Waals surface area contributed by atoms with Gasteiger partial charge in [-0.05, 0) is 63.6 Å². The molecule has 0 aliphatic carbocycles. The van der Waals surface area contributed by atoms with Gasteiger partial charge in [0, 0.05) is 18.8 Å². The molecular formula is C18H22ClN3O3S. The number of hydrogen-bond acceptors (Lipinski definition) is 4. The van der Waals surface area contributed by atoms with Crippen LogP contribution in [0, 0.1) is 13.8 Å². The third-order valence-electron chi connectivity index (χ3n) is 3.93. The largest absolute Gasteiger partial charge is 0.307 e. The van der Waals surface area contributed by atoms with Crippen LogP contribution in [0.25, 0.3) is 0 Å². The van der Waals surface area contributed by atoms with Crippen molar-refractivity contribution < 1.29 is 13.2 Å². The quantitative estimate of drug-likeness (QED) is 0.838. The van der Waals surface area contributed by atoms with E-state index in [-0.39, 0.29) is 21.5 Å². The molecule has 0 aliphatic rings. The number of hydrogen-bond donors (Lipinski definition) is 1. The fourth-order valence-corrected chi connectivity index (χ4v) is 3.97. The van der Waals surface area contributed by atoms with Crippen LogP contribution in [-0.4, -0.2) is 36.7 Å². The van der Waals surface area contributed by atoms with Gasteiger partial charge in [0.25, 0.3) is 5.91 Å². The Morgan fingerprint density at radius 1 is 1.19 bits per heavy atom. The molecule has 0 saturated carbocycles. The first-order valence-electron chi connectivity index (χ1n) is 8.06. The Balaban J connectivity index is 2.39. The Morgan fingerprint density at radius 2 is 1.85 bits per heavy atom. The maximum atomic E-state index is 12.6. The van der Waals surface area contributed by atoms with Crippen LogP contribution in [-0.2, 0) is 10.0 Å². The average Bonchev–Trinajstić information content (AvgIpc) is 2.52. The minimum Gasteiger partial charge on any atom is -0.307 e. The van der Waals surface area contributed by atoms with Crippen LogP contribution in [0.4, 0.5) is 5.82 Å². The molecular weight excluding hydrogens is 374 g/mol. The van der Waals surface area contributed by atoms with Gasteiger partial charge in [-0.3, -0.25) is 4.79 Å². The van der Waals surface area contributed by atoms with E-state index in [9.17, 15) is 13.2 Å². The first kappa shape index (κ1) is 20.4. The number of amides is 1. The van der Waals surface area contributed by atoms with Crippen molar-refractivity contribution in [1.82, 2.24) is 9.29 Å². The lowest BCUT2D eigenvalue weighted by molar-refractivity contribution is 0.102. The molecule has 6 nitrogen and oxygen atoms in total. The maximum Gasteiger partial charge on any atom is 0.258 e. The van der Waals surface area contributed by atoms with E-state index >= 15 is 0 Å². The molecule has 1 heterocycles. The number of carbonyl (C=O) groups is 1. The van der Waals surface area contributed by atoms with E-state index in [0.717, 1.165) is 11.3 Å². The van der Waals surface area contributed by atoms with Crippen LogP contribution >= 0.6 is 11.6 Å². The smallest absolute Gasteiger partial charge is 0.258 e. The second-order valence-electron chi connectivity index (χ2n) is 6.38. The van der Waals surface area contributed by atoms with Crippen molar-refractivity contribution in [3.63, 3.8) is 0 Å². The van der Waals surface area contributed by atoms with Crippen molar-refractivity contribution in [2.45, 2.75) is 38.6 Å². The van der Waals surface area contributed by atoms with Crippen LogP contribution in [0.1, 0.15) is 35.5 Å². The third-order valence-corrected chi connectivity index (χ3v) is 6.29. The lowest BCUT2D eigenvalue weighted by Crippen LogP contribution is -2.33. The molecule has 0 spiro atoms. The molecule has 0 unspecified atom stereocenters. The highest BCUT2D eigenvalue weighted by molar-refractivity contribution is 7.89. The van der Waals surface area contributed by atoms with Crippen molar-refractivity contribution in [2.24, 2.45) is 0 Å². The van der Waals surface area contributed by atoms with Crippen molar-refractivity contribution in [2.75, 3.05) is 12.4 Å². The molecule has 0 aliphatic heterocycles. The normalized spacial score (nSPS) is 11.8. The molecule has 0 atom stereocenters. The first-order chi connectivity index (χ1) is 12.0. The number of benzene rings is 1. The SMILES string of the molecule is Cc1cc(C)nc(NC(=O)c2cc(S(=O)(=O)N(C)C(C)C)ccc2Cl)c1. The van der Waals surface area contributed by atoms with E-state index in [0.29, 0.717) is 5.82 Å². The number of pyridine rings is 1. The molecule has 0 fully saturated rings. The Morgan fingerprint density at radius 3 is 2.42 bits per heavy atom. The zero-order chi connectivity index (χ0) is 19.6. The van der Waals surface area contributed by atoms with Gasteiger partial charge < -0.3 is 5.32 Å². The minimum atomic E-state index is -3.72. The zero-order valence-corrected chi connectivity index (χ0v) is 16.9. The van der Waals surface area contributed by atoms with Gasteiger partial charge in [0.2, 0.25) is 10.0 Å². The number of aromatic nitrogens is 1. The van der Waals surface area contributed by atoms with E-state index in [2.05, 4.69) is 10.3 Å². The topological polar surface area (TPSA) is 79.4 Å². The second-order valence-corrected chi connectivity index (χ2v) is 8.79. The summed E-state index contributed by atoms with van der Waals surface area (Å²) in [5.41, 5.74) is 1.79.